The van der Waals surface area contributed by atoms with Gasteiger partial charge < -0.3 is 26.1 Å². The van der Waals surface area contributed by atoms with Gasteiger partial charge in [-0.25, -0.2) is 4.39 Å². The number of nitrogens with one attached hydrogen (secondary N) is 3. The fourth-order valence-electron chi connectivity index (χ4n) is 3.87. The Hall–Kier alpha value is -4.60. The second-order valence-electron chi connectivity index (χ2n) is 8.53. The molecule has 5 rings (SSSR count). The number of nitrogen functional groups attached to an aromatic ring is 1. The Morgan fingerprint density at radius 2 is 1.77 bits per heavy atom. The second-order valence-corrected chi connectivity index (χ2v) is 9.37. The number of H-pyrrole nitrogens is 1. The van der Waals surface area contributed by atoms with Crippen molar-refractivity contribution in [2.24, 2.45) is 0 Å². The van der Waals surface area contributed by atoms with E-state index < -0.39 is 11.7 Å². The van der Waals surface area contributed by atoms with Crippen LogP contribution in [0.25, 0.3) is 10.9 Å². The molecular weight excluding hydrogens is 544 g/mol. The molecule has 39 heavy (non-hydrogen) atoms. The van der Waals surface area contributed by atoms with Gasteiger partial charge in [0.2, 0.25) is 0 Å². The minimum Gasteiger partial charge on any atom is -0.453 e. The number of ether oxygens (including phenoxy) is 1. The fourth-order valence-corrected chi connectivity index (χ4v) is 4.29. The van der Waals surface area contributed by atoms with Gasteiger partial charge >= 0.3 is 0 Å². The Bertz CT molecular complexity index is 1690. The van der Waals surface area contributed by atoms with E-state index in [0.29, 0.717) is 32.9 Å². The third kappa shape index (κ3) is 5.95. The lowest BCUT2D eigenvalue weighted by Crippen LogP contribution is -2.23. The van der Waals surface area contributed by atoms with Gasteiger partial charge in [0.25, 0.3) is 11.8 Å². The summed E-state index contributed by atoms with van der Waals surface area (Å²) in [5, 5.41) is 6.58. The number of anilines is 2. The van der Waals surface area contributed by atoms with Crippen molar-refractivity contribution in [2.75, 3.05) is 11.1 Å². The van der Waals surface area contributed by atoms with Crippen molar-refractivity contribution < 1.29 is 18.7 Å². The number of nitrogens with two attached hydrogens (primary N) is 1. The largest absolute Gasteiger partial charge is 0.453 e. The van der Waals surface area contributed by atoms with Gasteiger partial charge in [-0.1, -0.05) is 29.3 Å². The van der Waals surface area contributed by atoms with Crippen molar-refractivity contribution in [3.05, 3.63) is 112 Å². The Balaban J connectivity index is 1.28. The van der Waals surface area contributed by atoms with Crippen molar-refractivity contribution in [3.8, 4) is 11.5 Å². The van der Waals surface area contributed by atoms with Gasteiger partial charge in [-0.3, -0.25) is 14.6 Å². The van der Waals surface area contributed by atoms with Crippen LogP contribution in [-0.4, -0.2) is 21.8 Å². The first-order chi connectivity index (χ1) is 18.8. The SMILES string of the molecule is Nc1cc(Cl)cc(Oc2c(Cl)ccc(CNC(=O)c3cc4cc(NC(=O)c5ccncc5)ccc4[nH]3)c2F)c1. The standard InChI is InChI=1S/C28H20Cl2FN5O3/c29-18-11-19(32)13-21(12-18)39-26-22(30)3-1-16(25(26)31)14-34-28(38)24-10-17-9-20(2-4-23(17)36-24)35-27(37)15-5-7-33-8-6-15/h1-13,36H,14,32H2,(H,34,38)(H,35,37). The number of aromatic nitrogens is 2. The van der Waals surface area contributed by atoms with E-state index in [4.69, 9.17) is 33.7 Å². The van der Waals surface area contributed by atoms with Gasteiger partial charge in [0.1, 0.15) is 11.4 Å². The monoisotopic (exact) mass is 563 g/mol. The molecule has 11 heteroatoms. The van der Waals surface area contributed by atoms with Crippen LogP contribution in [0, 0.1) is 5.82 Å². The summed E-state index contributed by atoms with van der Waals surface area (Å²) in [5.74, 6) is -1.45. The molecule has 3 aromatic carbocycles. The number of nitrogens with zero attached hydrogens (tertiary/aromatic N) is 1. The van der Waals surface area contributed by atoms with E-state index in [2.05, 4.69) is 20.6 Å². The van der Waals surface area contributed by atoms with Crippen LogP contribution in [0.2, 0.25) is 10.0 Å². The number of amides is 2. The molecule has 5 N–H and O–H groups in total. The van der Waals surface area contributed by atoms with E-state index in [1.807, 2.05) is 0 Å². The molecule has 0 saturated carbocycles. The lowest BCUT2D eigenvalue weighted by Gasteiger charge is -2.13. The fraction of sp³-hybridized carbons (Fsp3) is 0.0357. The van der Waals surface area contributed by atoms with E-state index in [1.54, 1.807) is 36.4 Å². The van der Waals surface area contributed by atoms with Gasteiger partial charge in [-0.2, -0.15) is 0 Å². The zero-order valence-corrected chi connectivity index (χ0v) is 21.6. The average Bonchev–Trinajstić information content (AvgIpc) is 3.34. The molecule has 2 amide bonds. The molecule has 0 bridgehead atoms. The molecule has 0 atom stereocenters. The number of halogens is 3. The average molecular weight is 564 g/mol. The first-order valence-electron chi connectivity index (χ1n) is 11.6. The Kier molecular flexibility index (Phi) is 7.36. The van der Waals surface area contributed by atoms with Crippen LogP contribution in [0.3, 0.4) is 0 Å². The maximum Gasteiger partial charge on any atom is 0.267 e. The maximum absolute atomic E-state index is 15.2. The van der Waals surface area contributed by atoms with Crippen molar-refractivity contribution in [1.82, 2.24) is 15.3 Å². The van der Waals surface area contributed by atoms with E-state index in [9.17, 15) is 9.59 Å². The minimum absolute atomic E-state index is 0.0450. The van der Waals surface area contributed by atoms with Gasteiger partial charge in [-0.05, 0) is 54.6 Å². The van der Waals surface area contributed by atoms with Crippen LogP contribution < -0.4 is 21.1 Å². The van der Waals surface area contributed by atoms with Gasteiger partial charge in [-0.15, -0.1) is 0 Å². The van der Waals surface area contributed by atoms with Crippen LogP contribution in [0.1, 0.15) is 26.4 Å². The van der Waals surface area contributed by atoms with E-state index in [0.717, 1.165) is 0 Å². The van der Waals surface area contributed by atoms with Gasteiger partial charge in [0, 0.05) is 63.4 Å². The van der Waals surface area contributed by atoms with Gasteiger partial charge in [0.15, 0.2) is 11.6 Å². The number of carbonyl (C=O) groups is 2. The quantitative estimate of drug-likeness (QED) is 0.167. The molecule has 0 spiro atoms. The molecule has 8 nitrogen and oxygen atoms in total. The molecule has 0 aliphatic heterocycles. The molecule has 0 aliphatic rings. The van der Waals surface area contributed by atoms with Crippen LogP contribution in [0.15, 0.2) is 79.1 Å². The summed E-state index contributed by atoms with van der Waals surface area (Å²) in [6.07, 6.45) is 3.07. The molecule has 0 radical (unpaired) electrons. The summed E-state index contributed by atoms with van der Waals surface area (Å²) in [6, 6.07) is 17.5. The highest BCUT2D eigenvalue weighted by Crippen LogP contribution is 2.35. The summed E-state index contributed by atoms with van der Waals surface area (Å²) in [5.41, 5.74) is 8.27. The van der Waals surface area contributed by atoms with Crippen LogP contribution in [0.5, 0.6) is 11.5 Å². The lowest BCUT2D eigenvalue weighted by molar-refractivity contribution is 0.0945. The first kappa shape index (κ1) is 26.0. The predicted octanol–water partition coefficient (Wildman–Crippen LogP) is 6.57. The number of carbonyl (C=O) groups excluding carboxylic acids is 2. The maximum atomic E-state index is 15.2. The highest BCUT2D eigenvalue weighted by Gasteiger charge is 2.17. The normalized spacial score (nSPS) is 10.8. The van der Waals surface area contributed by atoms with Gasteiger partial charge in [0.05, 0.1) is 5.02 Å². The highest BCUT2D eigenvalue weighted by molar-refractivity contribution is 6.32. The summed E-state index contributed by atoms with van der Waals surface area (Å²) in [4.78, 5) is 32.2. The third-order valence-electron chi connectivity index (χ3n) is 5.75. The van der Waals surface area contributed by atoms with Crippen molar-refractivity contribution >= 4 is 57.3 Å². The molecular formula is C28H20Cl2FN5O3. The Morgan fingerprint density at radius 3 is 2.54 bits per heavy atom. The number of benzene rings is 3. The van der Waals surface area contributed by atoms with E-state index in [-0.39, 0.29) is 40.2 Å². The van der Waals surface area contributed by atoms with Crippen molar-refractivity contribution in [1.29, 1.82) is 0 Å². The number of fused-ring (bicyclic) bond motifs is 1. The lowest BCUT2D eigenvalue weighted by atomic mass is 10.2. The Morgan fingerprint density at radius 1 is 0.974 bits per heavy atom. The molecule has 5 aromatic rings. The van der Waals surface area contributed by atoms with E-state index in [1.165, 1.54) is 42.7 Å². The van der Waals surface area contributed by atoms with E-state index >= 15 is 4.39 Å². The molecule has 196 valence electrons. The molecule has 0 saturated heterocycles. The molecule has 0 unspecified atom stereocenters. The number of pyridine rings is 1. The van der Waals surface area contributed by atoms with Crippen molar-refractivity contribution in [3.63, 3.8) is 0 Å². The smallest absolute Gasteiger partial charge is 0.267 e. The van der Waals surface area contributed by atoms with Crippen LogP contribution >= 0.6 is 23.2 Å². The zero-order chi connectivity index (χ0) is 27.5. The first-order valence-corrected chi connectivity index (χ1v) is 12.4. The molecule has 0 aliphatic carbocycles. The second kappa shape index (κ2) is 11.0. The highest BCUT2D eigenvalue weighted by atomic mass is 35.5. The number of hydrogen-bond donors (Lipinski definition) is 4. The number of aromatic amines is 1. The number of rotatable bonds is 7. The summed E-state index contributed by atoms with van der Waals surface area (Å²) in [6.45, 7) is -0.127. The molecule has 2 heterocycles. The Labute approximate surface area is 231 Å². The molecule has 0 fully saturated rings. The number of hydrogen-bond acceptors (Lipinski definition) is 5. The predicted molar refractivity (Wildman–Crippen MR) is 149 cm³/mol. The minimum atomic E-state index is -0.729. The third-order valence-corrected chi connectivity index (χ3v) is 6.26. The molecule has 2 aromatic heterocycles. The topological polar surface area (TPSA) is 122 Å². The zero-order valence-electron chi connectivity index (χ0n) is 20.1. The summed E-state index contributed by atoms with van der Waals surface area (Å²) < 4.78 is 20.9. The summed E-state index contributed by atoms with van der Waals surface area (Å²) in [7, 11) is 0. The van der Waals surface area contributed by atoms with Crippen LogP contribution in [-0.2, 0) is 6.54 Å². The van der Waals surface area contributed by atoms with Crippen LogP contribution in [0.4, 0.5) is 15.8 Å². The van der Waals surface area contributed by atoms with Crippen molar-refractivity contribution in [2.45, 2.75) is 6.54 Å². The summed E-state index contributed by atoms with van der Waals surface area (Å²) >= 11 is 12.2.